The molecule has 0 spiro atoms. The Kier molecular flexibility index (Phi) is 4.52. The van der Waals surface area contributed by atoms with Gasteiger partial charge in [-0.15, -0.1) is 0 Å². The third-order valence-electron chi connectivity index (χ3n) is 2.88. The van der Waals surface area contributed by atoms with E-state index in [9.17, 15) is 9.18 Å². The first-order chi connectivity index (χ1) is 8.74. The van der Waals surface area contributed by atoms with Crippen molar-refractivity contribution in [3.8, 4) is 0 Å². The first kappa shape index (κ1) is 12.8. The van der Waals surface area contributed by atoms with Crippen LogP contribution in [0.2, 0.25) is 0 Å². The Morgan fingerprint density at radius 3 is 2.78 bits per heavy atom. The van der Waals surface area contributed by atoms with Gasteiger partial charge in [-0.1, -0.05) is 12.1 Å². The molecule has 2 N–H and O–H groups in total. The lowest BCUT2D eigenvalue weighted by Crippen LogP contribution is -2.39. The standard InChI is InChI=1S/C13H17FN2O2/c14-11-5-3-10(4-6-11)8-15-13(17)16-9-12-2-1-7-18-12/h3-6,12H,1-2,7-9H2,(H2,15,16,17). The third kappa shape index (κ3) is 4.00. The molecule has 1 unspecified atom stereocenters. The highest BCUT2D eigenvalue weighted by Crippen LogP contribution is 2.10. The van der Waals surface area contributed by atoms with Crippen molar-refractivity contribution in [2.75, 3.05) is 13.2 Å². The van der Waals surface area contributed by atoms with Crippen LogP contribution in [-0.2, 0) is 11.3 Å². The summed E-state index contributed by atoms with van der Waals surface area (Å²) in [6.07, 6.45) is 2.20. The van der Waals surface area contributed by atoms with E-state index in [1.54, 1.807) is 12.1 Å². The molecule has 1 heterocycles. The van der Waals surface area contributed by atoms with E-state index in [1.807, 2.05) is 0 Å². The first-order valence-electron chi connectivity index (χ1n) is 6.12. The van der Waals surface area contributed by atoms with Crippen LogP contribution < -0.4 is 10.6 Å². The molecule has 18 heavy (non-hydrogen) atoms. The van der Waals surface area contributed by atoms with Crippen molar-refractivity contribution in [2.45, 2.75) is 25.5 Å². The zero-order valence-electron chi connectivity index (χ0n) is 10.1. The topological polar surface area (TPSA) is 50.4 Å². The van der Waals surface area contributed by atoms with Crippen molar-refractivity contribution in [3.05, 3.63) is 35.6 Å². The smallest absolute Gasteiger partial charge is 0.315 e. The molecule has 1 fully saturated rings. The molecule has 0 saturated carbocycles. The Hall–Kier alpha value is -1.62. The summed E-state index contributed by atoms with van der Waals surface area (Å²) in [7, 11) is 0. The largest absolute Gasteiger partial charge is 0.376 e. The highest BCUT2D eigenvalue weighted by molar-refractivity contribution is 5.73. The summed E-state index contributed by atoms with van der Waals surface area (Å²) in [5.41, 5.74) is 0.865. The minimum absolute atomic E-state index is 0.140. The van der Waals surface area contributed by atoms with Crippen molar-refractivity contribution in [2.24, 2.45) is 0 Å². The maximum absolute atomic E-state index is 12.7. The van der Waals surface area contributed by atoms with Crippen molar-refractivity contribution in [1.82, 2.24) is 10.6 Å². The number of rotatable bonds is 4. The minimum atomic E-state index is -0.276. The lowest BCUT2D eigenvalue weighted by Gasteiger charge is -2.11. The molecule has 2 rings (SSSR count). The van der Waals surface area contributed by atoms with Gasteiger partial charge >= 0.3 is 6.03 Å². The van der Waals surface area contributed by atoms with Crippen LogP contribution in [0.15, 0.2) is 24.3 Å². The first-order valence-corrected chi connectivity index (χ1v) is 6.12. The summed E-state index contributed by atoms with van der Waals surface area (Å²) in [4.78, 5) is 11.5. The molecule has 5 heteroatoms. The molecule has 1 aromatic carbocycles. The zero-order valence-corrected chi connectivity index (χ0v) is 10.1. The van der Waals surface area contributed by atoms with Gasteiger partial charge in [0.05, 0.1) is 6.10 Å². The van der Waals surface area contributed by atoms with Gasteiger partial charge in [-0.2, -0.15) is 0 Å². The molecule has 0 bridgehead atoms. The van der Waals surface area contributed by atoms with Gasteiger partial charge in [0, 0.05) is 19.7 Å². The quantitative estimate of drug-likeness (QED) is 0.858. The normalized spacial score (nSPS) is 18.6. The minimum Gasteiger partial charge on any atom is -0.376 e. The number of carbonyl (C=O) groups excluding carboxylic acids is 1. The maximum atomic E-state index is 12.7. The fourth-order valence-corrected chi connectivity index (χ4v) is 1.86. The van der Waals surface area contributed by atoms with Crippen molar-refractivity contribution in [1.29, 1.82) is 0 Å². The Labute approximate surface area is 106 Å². The average Bonchev–Trinajstić information content (AvgIpc) is 2.89. The van der Waals surface area contributed by atoms with Gasteiger partial charge in [0.25, 0.3) is 0 Å². The zero-order chi connectivity index (χ0) is 12.8. The molecule has 1 aliphatic heterocycles. The lowest BCUT2D eigenvalue weighted by molar-refractivity contribution is 0.111. The Morgan fingerprint density at radius 1 is 1.33 bits per heavy atom. The van der Waals surface area contributed by atoms with Crippen LogP contribution in [0.3, 0.4) is 0 Å². The maximum Gasteiger partial charge on any atom is 0.315 e. The number of benzene rings is 1. The van der Waals surface area contributed by atoms with E-state index < -0.39 is 0 Å². The number of urea groups is 1. The van der Waals surface area contributed by atoms with Crippen LogP contribution in [0.5, 0.6) is 0 Å². The van der Waals surface area contributed by atoms with Gasteiger partial charge in [-0.05, 0) is 30.5 Å². The van der Waals surface area contributed by atoms with E-state index in [0.29, 0.717) is 13.1 Å². The fourth-order valence-electron chi connectivity index (χ4n) is 1.86. The molecule has 0 aromatic heterocycles. The molecule has 98 valence electrons. The third-order valence-corrected chi connectivity index (χ3v) is 2.88. The van der Waals surface area contributed by atoms with Crippen molar-refractivity contribution >= 4 is 6.03 Å². The molecule has 2 amide bonds. The average molecular weight is 252 g/mol. The molecular weight excluding hydrogens is 235 g/mol. The molecule has 1 aromatic rings. The summed E-state index contributed by atoms with van der Waals surface area (Å²) in [5, 5.41) is 5.47. The number of carbonyl (C=O) groups is 1. The van der Waals surface area contributed by atoms with Crippen LogP contribution in [0.25, 0.3) is 0 Å². The molecule has 4 nitrogen and oxygen atoms in total. The molecule has 0 radical (unpaired) electrons. The van der Waals surface area contributed by atoms with E-state index in [1.165, 1.54) is 12.1 Å². The highest BCUT2D eigenvalue weighted by atomic mass is 19.1. The van der Waals surface area contributed by atoms with Gasteiger partial charge < -0.3 is 15.4 Å². The molecule has 1 saturated heterocycles. The lowest BCUT2D eigenvalue weighted by atomic mass is 10.2. The van der Waals surface area contributed by atoms with Gasteiger partial charge in [0.1, 0.15) is 5.82 Å². The Morgan fingerprint density at radius 2 is 2.11 bits per heavy atom. The van der Waals surface area contributed by atoms with Crippen LogP contribution in [0.1, 0.15) is 18.4 Å². The second-order valence-electron chi connectivity index (χ2n) is 4.33. The number of halogens is 1. The number of hydrogen-bond acceptors (Lipinski definition) is 2. The summed E-state index contributed by atoms with van der Waals surface area (Å²) >= 11 is 0. The monoisotopic (exact) mass is 252 g/mol. The van der Waals surface area contributed by atoms with Crippen molar-refractivity contribution in [3.63, 3.8) is 0 Å². The molecule has 0 aliphatic carbocycles. The SMILES string of the molecule is O=C(NCc1ccc(F)cc1)NCC1CCCO1. The number of ether oxygens (including phenoxy) is 1. The number of hydrogen-bond donors (Lipinski definition) is 2. The predicted octanol–water partition coefficient (Wildman–Crippen LogP) is 1.80. The van der Waals surface area contributed by atoms with Crippen LogP contribution in [-0.4, -0.2) is 25.3 Å². The van der Waals surface area contributed by atoms with Gasteiger partial charge in [0.2, 0.25) is 0 Å². The van der Waals surface area contributed by atoms with Gasteiger partial charge in [0.15, 0.2) is 0 Å². The van der Waals surface area contributed by atoms with E-state index in [0.717, 1.165) is 25.0 Å². The van der Waals surface area contributed by atoms with Gasteiger partial charge in [-0.25, -0.2) is 9.18 Å². The second-order valence-corrected chi connectivity index (χ2v) is 4.33. The van der Waals surface area contributed by atoms with E-state index in [-0.39, 0.29) is 18.0 Å². The van der Waals surface area contributed by atoms with E-state index >= 15 is 0 Å². The van der Waals surface area contributed by atoms with E-state index in [2.05, 4.69) is 10.6 Å². The second kappa shape index (κ2) is 6.35. The van der Waals surface area contributed by atoms with Crippen LogP contribution in [0.4, 0.5) is 9.18 Å². The number of nitrogens with one attached hydrogen (secondary N) is 2. The summed E-state index contributed by atoms with van der Waals surface area (Å²) in [6.45, 7) is 1.70. The summed E-state index contributed by atoms with van der Waals surface area (Å²) < 4.78 is 18.1. The van der Waals surface area contributed by atoms with Crippen LogP contribution in [0, 0.1) is 5.82 Å². The van der Waals surface area contributed by atoms with E-state index in [4.69, 9.17) is 4.74 Å². The van der Waals surface area contributed by atoms with Gasteiger partial charge in [-0.3, -0.25) is 0 Å². The molecule has 1 atom stereocenters. The summed E-state index contributed by atoms with van der Waals surface area (Å²) in [5.74, 6) is -0.276. The highest BCUT2D eigenvalue weighted by Gasteiger charge is 2.15. The van der Waals surface area contributed by atoms with Crippen LogP contribution >= 0.6 is 0 Å². The molecule has 1 aliphatic rings. The number of amides is 2. The fraction of sp³-hybridized carbons (Fsp3) is 0.462. The Balaban J connectivity index is 1.66. The Bertz CT molecular complexity index is 388. The molecular formula is C13H17FN2O2. The van der Waals surface area contributed by atoms with Crippen molar-refractivity contribution < 1.29 is 13.9 Å². The summed E-state index contributed by atoms with van der Waals surface area (Å²) in [6, 6.07) is 5.82. The predicted molar refractivity (Wildman–Crippen MR) is 65.6 cm³/mol.